The summed E-state index contributed by atoms with van der Waals surface area (Å²) in [5.41, 5.74) is 1.68. The van der Waals surface area contributed by atoms with Crippen LogP contribution in [-0.2, 0) is 11.2 Å². The Hall–Kier alpha value is -2.56. The lowest BCUT2D eigenvalue weighted by atomic mass is 10.1. The molecule has 132 valence electrons. The molecule has 2 heterocycles. The number of rotatable bonds is 5. The molecule has 1 aromatic heterocycles. The summed E-state index contributed by atoms with van der Waals surface area (Å²) in [7, 11) is 1.63. The van der Waals surface area contributed by atoms with E-state index >= 15 is 0 Å². The second kappa shape index (κ2) is 8.51. The van der Waals surface area contributed by atoms with Crippen LogP contribution in [-0.4, -0.2) is 31.1 Å². The molecule has 1 aliphatic heterocycles. The Kier molecular flexibility index (Phi) is 5.88. The molecule has 0 atom stereocenters. The number of nitrogens with one attached hydrogen (secondary N) is 1. The number of ether oxygens (including phenoxy) is 1. The second-order valence-corrected chi connectivity index (χ2v) is 6.38. The lowest BCUT2D eigenvalue weighted by Gasteiger charge is -2.21. The van der Waals surface area contributed by atoms with Crippen LogP contribution in [0.25, 0.3) is 0 Å². The third-order valence-electron chi connectivity index (χ3n) is 4.49. The van der Waals surface area contributed by atoms with E-state index in [-0.39, 0.29) is 5.91 Å². The van der Waals surface area contributed by atoms with Gasteiger partial charge < -0.3 is 15.0 Å². The zero-order valence-corrected chi connectivity index (χ0v) is 14.7. The molecule has 0 bridgehead atoms. The largest absolute Gasteiger partial charge is 0.497 e. The third kappa shape index (κ3) is 4.95. The topological polar surface area (TPSA) is 54.5 Å². The van der Waals surface area contributed by atoms with E-state index in [1.165, 1.54) is 25.7 Å². The van der Waals surface area contributed by atoms with E-state index < -0.39 is 0 Å². The monoisotopic (exact) mass is 339 g/mol. The predicted octanol–water partition coefficient (Wildman–Crippen LogP) is 3.65. The lowest BCUT2D eigenvalue weighted by molar-refractivity contribution is -0.115. The average molecular weight is 339 g/mol. The summed E-state index contributed by atoms with van der Waals surface area (Å²) >= 11 is 0. The zero-order valence-electron chi connectivity index (χ0n) is 14.7. The SMILES string of the molecule is COc1ccc(CC(=O)Nc2ccc(N3CCCCCC3)nc2)cc1. The molecule has 25 heavy (non-hydrogen) atoms. The van der Waals surface area contributed by atoms with E-state index in [2.05, 4.69) is 15.2 Å². The maximum Gasteiger partial charge on any atom is 0.228 e. The summed E-state index contributed by atoms with van der Waals surface area (Å²) in [6.07, 6.45) is 7.13. The van der Waals surface area contributed by atoms with Gasteiger partial charge in [0.2, 0.25) is 5.91 Å². The fraction of sp³-hybridized carbons (Fsp3) is 0.400. The molecule has 1 aromatic carbocycles. The van der Waals surface area contributed by atoms with E-state index in [4.69, 9.17) is 4.74 Å². The number of nitrogens with zero attached hydrogens (tertiary/aromatic N) is 2. The van der Waals surface area contributed by atoms with E-state index in [0.29, 0.717) is 6.42 Å². The van der Waals surface area contributed by atoms with Gasteiger partial charge in [0.25, 0.3) is 0 Å². The number of carbonyl (C=O) groups is 1. The van der Waals surface area contributed by atoms with Crippen LogP contribution in [0, 0.1) is 0 Å². The summed E-state index contributed by atoms with van der Waals surface area (Å²) in [4.78, 5) is 19.0. The fourth-order valence-electron chi connectivity index (χ4n) is 3.08. The molecule has 5 heteroatoms. The van der Waals surface area contributed by atoms with Crippen molar-refractivity contribution in [2.45, 2.75) is 32.1 Å². The van der Waals surface area contributed by atoms with Crippen molar-refractivity contribution < 1.29 is 9.53 Å². The number of pyridine rings is 1. The van der Waals surface area contributed by atoms with E-state index in [9.17, 15) is 4.79 Å². The van der Waals surface area contributed by atoms with Crippen molar-refractivity contribution in [3.8, 4) is 5.75 Å². The Labute approximate surface area is 149 Å². The Morgan fingerprint density at radius 1 is 1.08 bits per heavy atom. The maximum atomic E-state index is 12.2. The van der Waals surface area contributed by atoms with Gasteiger partial charge in [0.1, 0.15) is 11.6 Å². The quantitative estimate of drug-likeness (QED) is 0.903. The first-order valence-corrected chi connectivity index (χ1v) is 8.88. The van der Waals surface area contributed by atoms with Crippen LogP contribution >= 0.6 is 0 Å². The highest BCUT2D eigenvalue weighted by Gasteiger charge is 2.11. The molecular formula is C20H25N3O2. The standard InChI is InChI=1S/C20H25N3O2/c1-25-18-9-6-16(7-10-18)14-20(24)22-17-8-11-19(21-15-17)23-12-4-2-3-5-13-23/h6-11,15H,2-5,12-14H2,1H3,(H,22,24). The summed E-state index contributed by atoms with van der Waals surface area (Å²) in [6.45, 7) is 2.13. The van der Waals surface area contributed by atoms with Crippen LogP contribution in [0.4, 0.5) is 11.5 Å². The van der Waals surface area contributed by atoms with E-state index in [1.807, 2.05) is 36.4 Å². The molecule has 0 aliphatic carbocycles. The fourth-order valence-corrected chi connectivity index (χ4v) is 3.08. The highest BCUT2D eigenvalue weighted by molar-refractivity contribution is 5.92. The molecule has 1 amide bonds. The molecule has 0 unspecified atom stereocenters. The minimum Gasteiger partial charge on any atom is -0.497 e. The highest BCUT2D eigenvalue weighted by Crippen LogP contribution is 2.19. The molecule has 0 spiro atoms. The first-order chi connectivity index (χ1) is 12.2. The summed E-state index contributed by atoms with van der Waals surface area (Å²) in [5, 5.41) is 2.91. The Morgan fingerprint density at radius 3 is 2.40 bits per heavy atom. The molecule has 0 radical (unpaired) electrons. The number of hydrogen-bond donors (Lipinski definition) is 1. The number of hydrogen-bond acceptors (Lipinski definition) is 4. The van der Waals surface area contributed by atoms with Crippen LogP contribution in [0.15, 0.2) is 42.6 Å². The van der Waals surface area contributed by atoms with Gasteiger partial charge in [-0.25, -0.2) is 4.98 Å². The van der Waals surface area contributed by atoms with Crippen molar-refractivity contribution in [2.24, 2.45) is 0 Å². The smallest absolute Gasteiger partial charge is 0.228 e. The summed E-state index contributed by atoms with van der Waals surface area (Å²) in [6, 6.07) is 11.5. The van der Waals surface area contributed by atoms with E-state index in [1.54, 1.807) is 13.3 Å². The van der Waals surface area contributed by atoms with Crippen molar-refractivity contribution in [1.82, 2.24) is 4.98 Å². The molecular weight excluding hydrogens is 314 g/mol. The molecule has 3 rings (SSSR count). The molecule has 1 fully saturated rings. The van der Waals surface area contributed by atoms with Crippen molar-refractivity contribution in [3.05, 3.63) is 48.2 Å². The minimum absolute atomic E-state index is 0.0468. The van der Waals surface area contributed by atoms with Gasteiger partial charge in [0.05, 0.1) is 25.4 Å². The summed E-state index contributed by atoms with van der Waals surface area (Å²) < 4.78 is 5.13. The van der Waals surface area contributed by atoms with Gasteiger partial charge in [0.15, 0.2) is 0 Å². The predicted molar refractivity (Wildman–Crippen MR) is 100 cm³/mol. The zero-order chi connectivity index (χ0) is 17.5. The van der Waals surface area contributed by atoms with Crippen molar-refractivity contribution in [2.75, 3.05) is 30.4 Å². The molecule has 5 nitrogen and oxygen atoms in total. The van der Waals surface area contributed by atoms with Crippen LogP contribution in [0.3, 0.4) is 0 Å². The number of amides is 1. The molecule has 0 saturated carbocycles. The molecule has 1 N–H and O–H groups in total. The minimum atomic E-state index is -0.0468. The van der Waals surface area contributed by atoms with Gasteiger partial charge in [-0.05, 0) is 42.7 Å². The Bertz CT molecular complexity index is 675. The van der Waals surface area contributed by atoms with Crippen molar-refractivity contribution in [1.29, 1.82) is 0 Å². The molecule has 2 aromatic rings. The van der Waals surface area contributed by atoms with E-state index in [0.717, 1.165) is 35.9 Å². The molecule has 1 aliphatic rings. The lowest BCUT2D eigenvalue weighted by Crippen LogP contribution is -2.24. The van der Waals surface area contributed by atoms with Crippen LogP contribution in [0.1, 0.15) is 31.2 Å². The Balaban J connectivity index is 1.55. The maximum absolute atomic E-state index is 12.2. The third-order valence-corrected chi connectivity index (χ3v) is 4.49. The summed E-state index contributed by atoms with van der Waals surface area (Å²) in [5.74, 6) is 1.74. The first kappa shape index (κ1) is 17.3. The number of benzene rings is 1. The first-order valence-electron chi connectivity index (χ1n) is 8.88. The van der Waals surface area contributed by atoms with Crippen molar-refractivity contribution >= 4 is 17.4 Å². The van der Waals surface area contributed by atoms with Crippen LogP contribution < -0.4 is 15.0 Å². The van der Waals surface area contributed by atoms with Gasteiger partial charge in [-0.3, -0.25) is 4.79 Å². The van der Waals surface area contributed by atoms with Crippen molar-refractivity contribution in [3.63, 3.8) is 0 Å². The molecule has 1 saturated heterocycles. The highest BCUT2D eigenvalue weighted by atomic mass is 16.5. The average Bonchev–Trinajstić information content (AvgIpc) is 2.92. The second-order valence-electron chi connectivity index (χ2n) is 6.38. The van der Waals surface area contributed by atoms with Crippen LogP contribution in [0.5, 0.6) is 5.75 Å². The van der Waals surface area contributed by atoms with Gasteiger partial charge in [-0.15, -0.1) is 0 Å². The number of anilines is 2. The normalized spacial score (nSPS) is 14.7. The number of methoxy groups -OCH3 is 1. The van der Waals surface area contributed by atoms with Gasteiger partial charge in [0, 0.05) is 13.1 Å². The Morgan fingerprint density at radius 2 is 1.80 bits per heavy atom. The number of carbonyl (C=O) groups excluding carboxylic acids is 1. The number of aromatic nitrogens is 1. The van der Waals surface area contributed by atoms with Gasteiger partial charge >= 0.3 is 0 Å². The van der Waals surface area contributed by atoms with Gasteiger partial charge in [-0.1, -0.05) is 25.0 Å². The van der Waals surface area contributed by atoms with Crippen LogP contribution in [0.2, 0.25) is 0 Å². The van der Waals surface area contributed by atoms with Gasteiger partial charge in [-0.2, -0.15) is 0 Å².